The normalized spacial score (nSPS) is 14.3. The maximum atomic E-state index is 14.1. The fourth-order valence-electron chi connectivity index (χ4n) is 6.24. The number of anilines is 3. The zero-order valence-electron chi connectivity index (χ0n) is 29.0. The zero-order chi connectivity index (χ0) is 39.6. The first kappa shape index (κ1) is 37.2. The summed E-state index contributed by atoms with van der Waals surface area (Å²) in [6, 6.07) is 25.9. The van der Waals surface area contributed by atoms with Crippen LogP contribution in [0.4, 0.5) is 22.7 Å². The number of carbonyl (C=O) groups excluding carboxylic acids is 4. The Balaban J connectivity index is 1.13. The van der Waals surface area contributed by atoms with Crippen LogP contribution in [0, 0.1) is 24.0 Å². The number of carbonyl (C=O) groups is 4. The first-order chi connectivity index (χ1) is 26.8. The molecule has 0 bridgehead atoms. The Kier molecular flexibility index (Phi) is 9.55. The average molecular weight is 837 g/mol. The molecule has 4 amide bonds. The van der Waals surface area contributed by atoms with Gasteiger partial charge in [-0.05, 0) is 109 Å². The lowest BCUT2D eigenvalue weighted by molar-refractivity contribution is -0.387. The molecule has 0 saturated carbocycles. The Bertz CT molecular complexity index is 2690. The Morgan fingerprint density at radius 2 is 1.29 bits per heavy atom. The highest BCUT2D eigenvalue weighted by molar-refractivity contribution is 8.01. The number of hydrogen-bond donors (Lipinski definition) is 0. The first-order valence-electron chi connectivity index (χ1n) is 16.6. The number of thiazole rings is 1. The molecule has 276 valence electrons. The number of nitro groups is 1. The van der Waals surface area contributed by atoms with Crippen LogP contribution in [0.5, 0.6) is 0 Å². The van der Waals surface area contributed by atoms with Gasteiger partial charge in [0.05, 0.1) is 48.2 Å². The highest BCUT2D eigenvalue weighted by Gasteiger charge is 2.42. The standard InChI is InChI=1S/C40H23Cl2N5O6S3/c1-20-7-10-23(17-29(20)41)45-37(50)28(38(51)46(40(45)54)24-11-8-21(2)30(42)18-24)15-22-9-14-33(32(16-22)47(52)53)55-39-43-31-13-12-25(19-34(31)56-39)44-35(48)26-5-3-4-6-27(26)36(44)49/h3-19H,1-2H3. The van der Waals surface area contributed by atoms with Gasteiger partial charge in [-0.3, -0.25) is 39.1 Å². The van der Waals surface area contributed by atoms with Gasteiger partial charge >= 0.3 is 0 Å². The smallest absolute Gasteiger partial charge is 0.268 e. The minimum absolute atomic E-state index is 0.124. The summed E-state index contributed by atoms with van der Waals surface area (Å²) >= 11 is 20.9. The van der Waals surface area contributed by atoms with Gasteiger partial charge in [-0.25, -0.2) is 9.88 Å². The number of nitro benzene ring substituents is 1. The summed E-state index contributed by atoms with van der Waals surface area (Å²) in [6.45, 7) is 3.61. The highest BCUT2D eigenvalue weighted by Crippen LogP contribution is 2.41. The predicted molar refractivity (Wildman–Crippen MR) is 222 cm³/mol. The second kappa shape index (κ2) is 14.4. The van der Waals surface area contributed by atoms with Crippen molar-refractivity contribution in [1.82, 2.24) is 4.98 Å². The van der Waals surface area contributed by atoms with Gasteiger partial charge < -0.3 is 0 Å². The van der Waals surface area contributed by atoms with Crippen LogP contribution in [0.3, 0.4) is 0 Å². The molecule has 1 fully saturated rings. The molecule has 0 unspecified atom stereocenters. The summed E-state index contributed by atoms with van der Waals surface area (Å²) in [5.74, 6) is -2.33. The summed E-state index contributed by atoms with van der Waals surface area (Å²) in [5, 5.41) is 13.1. The van der Waals surface area contributed by atoms with Gasteiger partial charge in [-0.2, -0.15) is 0 Å². The van der Waals surface area contributed by atoms with Gasteiger partial charge in [0.2, 0.25) is 0 Å². The lowest BCUT2D eigenvalue weighted by Crippen LogP contribution is -2.57. The molecule has 6 aromatic rings. The number of amides is 4. The summed E-state index contributed by atoms with van der Waals surface area (Å²) in [6.07, 6.45) is 1.29. The number of rotatable bonds is 7. The molecule has 0 radical (unpaired) electrons. The number of thiocarbonyl (C=S) groups is 1. The molecular weight excluding hydrogens is 814 g/mol. The third kappa shape index (κ3) is 6.44. The van der Waals surface area contributed by atoms with Crippen LogP contribution in [0.2, 0.25) is 10.0 Å². The molecule has 2 aliphatic rings. The van der Waals surface area contributed by atoms with Crippen LogP contribution in [0.25, 0.3) is 16.3 Å². The van der Waals surface area contributed by atoms with E-state index in [1.54, 1.807) is 98.8 Å². The van der Waals surface area contributed by atoms with Crippen molar-refractivity contribution >= 4 is 126 Å². The lowest BCUT2D eigenvalue weighted by Gasteiger charge is -2.36. The molecule has 0 atom stereocenters. The van der Waals surface area contributed by atoms with Gasteiger partial charge in [0.15, 0.2) is 9.45 Å². The van der Waals surface area contributed by atoms with Crippen molar-refractivity contribution in [1.29, 1.82) is 0 Å². The summed E-state index contributed by atoms with van der Waals surface area (Å²) in [7, 11) is 0. The van der Waals surface area contributed by atoms with E-state index in [0.717, 1.165) is 27.8 Å². The van der Waals surface area contributed by atoms with Crippen LogP contribution in [-0.4, -0.2) is 38.6 Å². The van der Waals surface area contributed by atoms with Crippen LogP contribution < -0.4 is 14.7 Å². The Hall–Kier alpha value is -5.77. The molecule has 16 heteroatoms. The topological polar surface area (TPSA) is 134 Å². The molecule has 0 spiro atoms. The SMILES string of the molecule is Cc1ccc(N2C(=O)C(=Cc3ccc(Sc4nc5ccc(N6C(=O)c7ccccc7C6=O)cc5s4)c([N+](=O)[O-])c3)C(=O)N(c3ccc(C)c(Cl)c3)C2=S)cc1Cl. The molecule has 11 nitrogen and oxygen atoms in total. The van der Waals surface area contributed by atoms with E-state index in [9.17, 15) is 29.3 Å². The van der Waals surface area contributed by atoms with Crippen molar-refractivity contribution in [3.63, 3.8) is 0 Å². The fourth-order valence-corrected chi connectivity index (χ4v) is 9.11. The number of fused-ring (bicyclic) bond motifs is 2. The minimum Gasteiger partial charge on any atom is -0.268 e. The molecule has 1 aromatic heterocycles. The molecular formula is C40H23Cl2N5O6S3. The van der Waals surface area contributed by atoms with Crippen LogP contribution >= 0.6 is 58.5 Å². The van der Waals surface area contributed by atoms with E-state index < -0.39 is 28.6 Å². The third-order valence-corrected chi connectivity index (χ3v) is 12.5. The molecule has 3 heterocycles. The van der Waals surface area contributed by atoms with Crippen LogP contribution in [0.1, 0.15) is 37.4 Å². The van der Waals surface area contributed by atoms with Gasteiger partial charge in [0, 0.05) is 16.1 Å². The minimum atomic E-state index is -0.745. The average Bonchev–Trinajstić information content (AvgIpc) is 3.69. The fraction of sp³-hybridized carbons (Fsp3) is 0.0500. The van der Waals surface area contributed by atoms with Gasteiger partial charge in [-0.15, -0.1) is 11.3 Å². The number of halogens is 2. The number of hydrogen-bond acceptors (Lipinski definition) is 10. The third-order valence-electron chi connectivity index (χ3n) is 9.17. The van der Waals surface area contributed by atoms with Crippen molar-refractivity contribution in [2.75, 3.05) is 14.7 Å². The van der Waals surface area contributed by atoms with E-state index in [-0.39, 0.29) is 26.8 Å². The number of aryl methyl sites for hydroxylation is 2. The molecule has 0 aliphatic carbocycles. The van der Waals surface area contributed by atoms with E-state index >= 15 is 0 Å². The number of nitrogens with zero attached hydrogens (tertiary/aromatic N) is 5. The van der Waals surface area contributed by atoms with Crippen molar-refractivity contribution in [2.45, 2.75) is 23.1 Å². The predicted octanol–water partition coefficient (Wildman–Crippen LogP) is 9.83. The van der Waals surface area contributed by atoms with Crippen molar-refractivity contribution in [3.8, 4) is 0 Å². The second-order valence-corrected chi connectivity index (χ2v) is 16.2. The van der Waals surface area contributed by atoms with E-state index in [0.29, 0.717) is 52.8 Å². The molecule has 5 aromatic carbocycles. The van der Waals surface area contributed by atoms with Crippen LogP contribution in [0.15, 0.2) is 112 Å². The van der Waals surface area contributed by atoms with Crippen molar-refractivity contribution in [3.05, 3.63) is 151 Å². The van der Waals surface area contributed by atoms with Crippen molar-refractivity contribution < 1.29 is 24.1 Å². The molecule has 1 saturated heterocycles. The van der Waals surface area contributed by atoms with E-state index in [4.69, 9.17) is 35.4 Å². The van der Waals surface area contributed by atoms with E-state index in [1.807, 2.05) is 0 Å². The number of imide groups is 1. The van der Waals surface area contributed by atoms with Gasteiger partial charge in [0.25, 0.3) is 29.3 Å². The zero-order valence-corrected chi connectivity index (χ0v) is 32.9. The summed E-state index contributed by atoms with van der Waals surface area (Å²) in [5.41, 5.74) is 3.41. The molecule has 2 aliphatic heterocycles. The van der Waals surface area contributed by atoms with Crippen LogP contribution in [-0.2, 0) is 9.59 Å². The molecule has 56 heavy (non-hydrogen) atoms. The first-order valence-corrected chi connectivity index (χ1v) is 19.4. The quantitative estimate of drug-likeness (QED) is 0.0385. The Labute approximate surface area is 341 Å². The number of aromatic nitrogens is 1. The monoisotopic (exact) mass is 835 g/mol. The summed E-state index contributed by atoms with van der Waals surface area (Å²) < 4.78 is 1.14. The van der Waals surface area contributed by atoms with Gasteiger partial charge in [0.1, 0.15) is 5.57 Å². The van der Waals surface area contributed by atoms with Crippen molar-refractivity contribution in [2.24, 2.45) is 0 Å². The maximum absolute atomic E-state index is 14.1. The summed E-state index contributed by atoms with van der Waals surface area (Å²) in [4.78, 5) is 74.6. The highest BCUT2D eigenvalue weighted by atomic mass is 35.5. The maximum Gasteiger partial charge on any atom is 0.283 e. The van der Waals surface area contributed by atoms with E-state index in [1.165, 1.54) is 39.3 Å². The lowest BCUT2D eigenvalue weighted by atomic mass is 10.0. The molecule has 0 N–H and O–H groups in total. The van der Waals surface area contributed by atoms with E-state index in [2.05, 4.69) is 4.98 Å². The molecule has 8 rings (SSSR count). The largest absolute Gasteiger partial charge is 0.283 e. The number of benzene rings is 5. The van der Waals surface area contributed by atoms with Gasteiger partial charge in [-0.1, -0.05) is 65.3 Å². The Morgan fingerprint density at radius 1 is 0.732 bits per heavy atom. The Morgan fingerprint density at radius 3 is 1.84 bits per heavy atom. The second-order valence-electron chi connectivity index (χ2n) is 12.7.